The summed E-state index contributed by atoms with van der Waals surface area (Å²) < 4.78 is 0. The van der Waals surface area contributed by atoms with Crippen molar-refractivity contribution >= 4 is 18.1 Å². The Balaban J connectivity index is 2.14. The lowest BCUT2D eigenvalue weighted by atomic mass is 10.1. The molecule has 0 spiro atoms. The number of carbonyl (C=O) groups excluding carboxylic acids is 1. The van der Waals surface area contributed by atoms with Gasteiger partial charge in [-0.05, 0) is 35.9 Å². The maximum Gasteiger partial charge on any atom is 0.248 e. The lowest BCUT2D eigenvalue weighted by molar-refractivity contribution is 0.100. The first-order valence-corrected chi connectivity index (χ1v) is 5.25. The van der Waals surface area contributed by atoms with Gasteiger partial charge in [-0.1, -0.05) is 24.3 Å². The van der Waals surface area contributed by atoms with Crippen molar-refractivity contribution in [3.8, 4) is 0 Å². The molecule has 0 aliphatic rings. The monoisotopic (exact) mass is 224 g/mol. The summed E-state index contributed by atoms with van der Waals surface area (Å²) in [6, 6.07) is 12.8. The van der Waals surface area contributed by atoms with E-state index in [4.69, 9.17) is 5.73 Å². The standard InChI is InChI=1S/C14H12N2O/c15-14(17)12-7-4-11(5-8-12)6-9-13-3-1-2-10-16-13/h1-10H,(H2,15,17)/b9-6+. The third-order valence-corrected chi connectivity index (χ3v) is 2.33. The molecule has 2 rings (SSSR count). The zero-order valence-corrected chi connectivity index (χ0v) is 9.21. The van der Waals surface area contributed by atoms with Gasteiger partial charge in [0.15, 0.2) is 0 Å². The van der Waals surface area contributed by atoms with Crippen LogP contribution < -0.4 is 5.73 Å². The molecule has 0 aliphatic carbocycles. The summed E-state index contributed by atoms with van der Waals surface area (Å²) in [5, 5.41) is 0. The predicted molar refractivity (Wildman–Crippen MR) is 68.1 cm³/mol. The van der Waals surface area contributed by atoms with Crippen LogP contribution in [0.1, 0.15) is 21.6 Å². The Bertz CT molecular complexity index is 530. The predicted octanol–water partition coefficient (Wildman–Crippen LogP) is 2.35. The van der Waals surface area contributed by atoms with Gasteiger partial charge in [-0.3, -0.25) is 9.78 Å². The molecule has 3 heteroatoms. The maximum absolute atomic E-state index is 10.9. The fourth-order valence-electron chi connectivity index (χ4n) is 1.41. The second-order valence-corrected chi connectivity index (χ2v) is 3.57. The van der Waals surface area contributed by atoms with Crippen LogP contribution in [0.3, 0.4) is 0 Å². The topological polar surface area (TPSA) is 56.0 Å². The fourth-order valence-corrected chi connectivity index (χ4v) is 1.41. The van der Waals surface area contributed by atoms with Gasteiger partial charge in [-0.25, -0.2) is 0 Å². The molecular formula is C14H12N2O. The number of pyridine rings is 1. The van der Waals surface area contributed by atoms with Gasteiger partial charge in [-0.15, -0.1) is 0 Å². The first-order chi connectivity index (χ1) is 8.25. The summed E-state index contributed by atoms with van der Waals surface area (Å²) in [5.74, 6) is -0.412. The van der Waals surface area contributed by atoms with E-state index < -0.39 is 5.91 Å². The van der Waals surface area contributed by atoms with Crippen LogP contribution in [0.4, 0.5) is 0 Å². The highest BCUT2D eigenvalue weighted by Crippen LogP contribution is 2.08. The number of nitrogens with zero attached hydrogens (tertiary/aromatic N) is 1. The Kier molecular flexibility index (Phi) is 3.31. The highest BCUT2D eigenvalue weighted by atomic mass is 16.1. The smallest absolute Gasteiger partial charge is 0.248 e. The largest absolute Gasteiger partial charge is 0.366 e. The molecule has 3 nitrogen and oxygen atoms in total. The van der Waals surface area contributed by atoms with Crippen molar-refractivity contribution in [2.24, 2.45) is 5.73 Å². The third kappa shape index (κ3) is 3.01. The van der Waals surface area contributed by atoms with E-state index in [1.54, 1.807) is 18.3 Å². The van der Waals surface area contributed by atoms with E-state index in [1.807, 2.05) is 42.5 Å². The number of carbonyl (C=O) groups is 1. The summed E-state index contributed by atoms with van der Waals surface area (Å²) in [4.78, 5) is 15.1. The molecule has 0 aliphatic heterocycles. The van der Waals surface area contributed by atoms with Crippen molar-refractivity contribution in [2.45, 2.75) is 0 Å². The summed E-state index contributed by atoms with van der Waals surface area (Å²) in [7, 11) is 0. The average Bonchev–Trinajstić information content (AvgIpc) is 2.38. The Labute approximate surface area is 99.6 Å². The second-order valence-electron chi connectivity index (χ2n) is 3.57. The first kappa shape index (κ1) is 11.1. The van der Waals surface area contributed by atoms with Crippen LogP contribution >= 0.6 is 0 Å². The Morgan fingerprint density at radius 3 is 2.41 bits per heavy atom. The van der Waals surface area contributed by atoms with E-state index in [0.29, 0.717) is 5.56 Å². The molecule has 1 aromatic carbocycles. The minimum Gasteiger partial charge on any atom is -0.366 e. The number of aromatic nitrogens is 1. The summed E-state index contributed by atoms with van der Waals surface area (Å²) in [6.45, 7) is 0. The van der Waals surface area contributed by atoms with Gasteiger partial charge in [0.25, 0.3) is 0 Å². The molecule has 1 amide bonds. The van der Waals surface area contributed by atoms with Crippen LogP contribution in [0.2, 0.25) is 0 Å². The molecule has 0 bridgehead atoms. The van der Waals surface area contributed by atoms with Gasteiger partial charge < -0.3 is 5.73 Å². The normalized spacial score (nSPS) is 10.6. The summed E-state index contributed by atoms with van der Waals surface area (Å²) >= 11 is 0. The van der Waals surface area contributed by atoms with Gasteiger partial charge in [0.2, 0.25) is 5.91 Å². The van der Waals surface area contributed by atoms with Crippen LogP contribution in [-0.4, -0.2) is 10.9 Å². The minimum atomic E-state index is -0.412. The molecular weight excluding hydrogens is 212 g/mol. The van der Waals surface area contributed by atoms with Gasteiger partial charge >= 0.3 is 0 Å². The number of benzene rings is 1. The van der Waals surface area contributed by atoms with Crippen LogP contribution in [0.5, 0.6) is 0 Å². The van der Waals surface area contributed by atoms with E-state index >= 15 is 0 Å². The molecule has 1 aromatic heterocycles. The number of primary amides is 1. The van der Waals surface area contributed by atoms with Crippen molar-refractivity contribution < 1.29 is 4.79 Å². The van der Waals surface area contributed by atoms with Crippen LogP contribution in [0, 0.1) is 0 Å². The molecule has 0 unspecified atom stereocenters. The van der Waals surface area contributed by atoms with E-state index in [2.05, 4.69) is 4.98 Å². The number of rotatable bonds is 3. The molecule has 2 N–H and O–H groups in total. The molecule has 17 heavy (non-hydrogen) atoms. The average molecular weight is 224 g/mol. The van der Waals surface area contributed by atoms with Crippen LogP contribution in [-0.2, 0) is 0 Å². The fraction of sp³-hybridized carbons (Fsp3) is 0. The molecule has 0 saturated carbocycles. The van der Waals surface area contributed by atoms with Crippen molar-refractivity contribution in [1.82, 2.24) is 4.98 Å². The molecule has 0 atom stereocenters. The Morgan fingerprint density at radius 1 is 1.06 bits per heavy atom. The number of nitrogens with two attached hydrogens (primary N) is 1. The van der Waals surface area contributed by atoms with Gasteiger partial charge in [0, 0.05) is 11.8 Å². The SMILES string of the molecule is NC(=O)c1ccc(/C=C/c2ccccn2)cc1. The quantitative estimate of drug-likeness (QED) is 0.870. The van der Waals surface area contributed by atoms with Crippen molar-refractivity contribution in [2.75, 3.05) is 0 Å². The Hall–Kier alpha value is -2.42. The van der Waals surface area contributed by atoms with E-state index in [0.717, 1.165) is 11.3 Å². The lowest BCUT2D eigenvalue weighted by Crippen LogP contribution is -2.10. The number of hydrogen-bond acceptors (Lipinski definition) is 2. The highest BCUT2D eigenvalue weighted by Gasteiger charge is 1.97. The molecule has 84 valence electrons. The molecule has 0 radical (unpaired) electrons. The van der Waals surface area contributed by atoms with E-state index in [1.165, 1.54) is 0 Å². The molecule has 1 heterocycles. The molecule has 0 saturated heterocycles. The Morgan fingerprint density at radius 2 is 1.82 bits per heavy atom. The van der Waals surface area contributed by atoms with Gasteiger partial charge in [0.1, 0.15) is 0 Å². The summed E-state index contributed by atoms with van der Waals surface area (Å²) in [5.41, 5.74) is 7.57. The first-order valence-electron chi connectivity index (χ1n) is 5.25. The van der Waals surface area contributed by atoms with Crippen molar-refractivity contribution in [1.29, 1.82) is 0 Å². The lowest BCUT2D eigenvalue weighted by Gasteiger charge is -1.96. The molecule has 0 fully saturated rings. The van der Waals surface area contributed by atoms with Gasteiger partial charge in [-0.2, -0.15) is 0 Å². The zero-order valence-electron chi connectivity index (χ0n) is 9.21. The minimum absolute atomic E-state index is 0.412. The van der Waals surface area contributed by atoms with Crippen molar-refractivity contribution in [3.05, 3.63) is 65.5 Å². The van der Waals surface area contributed by atoms with Crippen LogP contribution in [0.15, 0.2) is 48.7 Å². The van der Waals surface area contributed by atoms with Crippen molar-refractivity contribution in [3.63, 3.8) is 0 Å². The second kappa shape index (κ2) is 5.07. The van der Waals surface area contributed by atoms with Crippen LogP contribution in [0.25, 0.3) is 12.2 Å². The number of amides is 1. The van der Waals surface area contributed by atoms with Gasteiger partial charge in [0.05, 0.1) is 5.69 Å². The van der Waals surface area contributed by atoms with E-state index in [9.17, 15) is 4.79 Å². The maximum atomic E-state index is 10.9. The highest BCUT2D eigenvalue weighted by molar-refractivity contribution is 5.93. The van der Waals surface area contributed by atoms with E-state index in [-0.39, 0.29) is 0 Å². The molecule has 2 aromatic rings. The zero-order chi connectivity index (χ0) is 12.1. The number of hydrogen-bond donors (Lipinski definition) is 1. The third-order valence-electron chi connectivity index (χ3n) is 2.33. The summed E-state index contributed by atoms with van der Waals surface area (Å²) in [6.07, 6.45) is 5.60.